The number of thiazole rings is 1. The highest BCUT2D eigenvalue weighted by atomic mass is 35.5. The molecule has 2 N–H and O–H groups in total. The number of anilines is 2. The fourth-order valence-electron chi connectivity index (χ4n) is 3.40. The average molecular weight is 494 g/mol. The number of hydrogen-bond acceptors (Lipinski definition) is 5. The number of sulfonamides is 1. The van der Waals surface area contributed by atoms with Gasteiger partial charge in [-0.2, -0.15) is 0 Å². The number of carbonyl (C=O) groups is 1. The molecule has 0 saturated heterocycles. The van der Waals surface area contributed by atoms with E-state index in [9.17, 15) is 13.2 Å². The SMILES string of the molecule is O=C(Nc1nc2c(ccc3ccccc32)s1)c1ccc(NS(=O)(=O)c2ccc(Cl)cc2)cc1. The Labute approximate surface area is 198 Å². The second-order valence-corrected chi connectivity index (χ2v) is 10.4. The van der Waals surface area contributed by atoms with E-state index in [1.165, 1.54) is 47.7 Å². The highest BCUT2D eigenvalue weighted by molar-refractivity contribution is 7.92. The molecule has 0 aliphatic carbocycles. The van der Waals surface area contributed by atoms with Gasteiger partial charge >= 0.3 is 0 Å². The molecule has 0 spiro atoms. The molecular formula is C24H16ClN3O3S2. The van der Waals surface area contributed by atoms with E-state index in [1.54, 1.807) is 12.1 Å². The first-order chi connectivity index (χ1) is 15.9. The van der Waals surface area contributed by atoms with E-state index in [0.717, 1.165) is 21.0 Å². The smallest absolute Gasteiger partial charge is 0.261 e. The van der Waals surface area contributed by atoms with Crippen molar-refractivity contribution < 1.29 is 13.2 Å². The average Bonchev–Trinajstić information content (AvgIpc) is 3.22. The molecule has 4 aromatic carbocycles. The van der Waals surface area contributed by atoms with Crippen molar-refractivity contribution in [1.82, 2.24) is 4.98 Å². The highest BCUT2D eigenvalue weighted by Gasteiger charge is 2.15. The van der Waals surface area contributed by atoms with Crippen LogP contribution < -0.4 is 10.0 Å². The van der Waals surface area contributed by atoms with Crippen molar-refractivity contribution in [2.45, 2.75) is 4.90 Å². The molecule has 33 heavy (non-hydrogen) atoms. The van der Waals surface area contributed by atoms with Crippen LogP contribution in [-0.4, -0.2) is 19.3 Å². The zero-order valence-electron chi connectivity index (χ0n) is 16.9. The van der Waals surface area contributed by atoms with Crippen molar-refractivity contribution in [2.75, 3.05) is 10.0 Å². The Morgan fingerprint density at radius 3 is 2.36 bits per heavy atom. The maximum Gasteiger partial charge on any atom is 0.261 e. The number of aromatic nitrogens is 1. The number of benzene rings is 4. The number of halogens is 1. The standard InChI is InChI=1S/C24H16ClN3O3S2/c25-17-8-12-19(13-9-17)33(30,31)28-18-10-5-16(6-11-18)23(29)27-24-26-22-20-4-2-1-3-15(20)7-14-21(22)32-24/h1-14,28H,(H,26,27,29). The molecule has 5 aromatic rings. The lowest BCUT2D eigenvalue weighted by atomic mass is 10.1. The second kappa shape index (κ2) is 8.47. The Kier molecular flexibility index (Phi) is 5.49. The summed E-state index contributed by atoms with van der Waals surface area (Å²) >= 11 is 7.22. The monoisotopic (exact) mass is 493 g/mol. The number of nitrogens with one attached hydrogen (secondary N) is 2. The Bertz CT molecular complexity index is 1600. The summed E-state index contributed by atoms with van der Waals surface area (Å²) in [5.41, 5.74) is 1.57. The van der Waals surface area contributed by atoms with E-state index < -0.39 is 10.0 Å². The van der Waals surface area contributed by atoms with Crippen LogP contribution in [0.15, 0.2) is 89.8 Å². The number of fused-ring (bicyclic) bond motifs is 3. The first-order valence-corrected chi connectivity index (χ1v) is 12.5. The third-order valence-electron chi connectivity index (χ3n) is 5.03. The largest absolute Gasteiger partial charge is 0.298 e. The summed E-state index contributed by atoms with van der Waals surface area (Å²) in [6.45, 7) is 0. The van der Waals surface area contributed by atoms with Gasteiger partial charge in [0.05, 0.1) is 15.1 Å². The summed E-state index contributed by atoms with van der Waals surface area (Å²) in [5.74, 6) is -0.328. The minimum atomic E-state index is -3.76. The Hall–Kier alpha value is -3.46. The van der Waals surface area contributed by atoms with Gasteiger partial charge in [0.1, 0.15) is 0 Å². The van der Waals surface area contributed by atoms with Crippen LogP contribution in [0.1, 0.15) is 10.4 Å². The van der Waals surface area contributed by atoms with Crippen molar-refractivity contribution in [1.29, 1.82) is 0 Å². The van der Waals surface area contributed by atoms with E-state index in [0.29, 0.717) is 21.4 Å². The van der Waals surface area contributed by atoms with Crippen molar-refractivity contribution in [3.8, 4) is 0 Å². The van der Waals surface area contributed by atoms with Gasteiger partial charge in [-0.3, -0.25) is 14.8 Å². The topological polar surface area (TPSA) is 88.2 Å². The lowest BCUT2D eigenvalue weighted by molar-refractivity contribution is 0.102. The molecule has 9 heteroatoms. The van der Waals surface area contributed by atoms with Gasteiger partial charge in [-0.1, -0.05) is 53.3 Å². The number of rotatable bonds is 5. The maximum atomic E-state index is 12.7. The Balaban J connectivity index is 1.32. The minimum absolute atomic E-state index is 0.0945. The lowest BCUT2D eigenvalue weighted by Crippen LogP contribution is -2.14. The van der Waals surface area contributed by atoms with Crippen molar-refractivity contribution in [3.05, 3.63) is 95.5 Å². The first kappa shape index (κ1) is 21.4. The molecule has 1 heterocycles. The molecule has 0 fully saturated rings. The maximum absolute atomic E-state index is 12.7. The quantitative estimate of drug-likeness (QED) is 0.307. The number of hydrogen-bond donors (Lipinski definition) is 2. The molecule has 1 aromatic heterocycles. The second-order valence-electron chi connectivity index (χ2n) is 7.24. The van der Waals surface area contributed by atoms with Crippen LogP contribution in [0.3, 0.4) is 0 Å². The predicted molar refractivity (Wildman–Crippen MR) is 134 cm³/mol. The Morgan fingerprint density at radius 2 is 1.61 bits per heavy atom. The molecular weight excluding hydrogens is 478 g/mol. The van der Waals surface area contributed by atoms with Crippen LogP contribution in [0, 0.1) is 0 Å². The van der Waals surface area contributed by atoms with Crippen molar-refractivity contribution >= 4 is 70.7 Å². The van der Waals surface area contributed by atoms with Crippen LogP contribution in [0.2, 0.25) is 5.02 Å². The van der Waals surface area contributed by atoms with Gasteiger partial charge in [-0.15, -0.1) is 0 Å². The van der Waals surface area contributed by atoms with Crippen LogP contribution in [-0.2, 0) is 10.0 Å². The van der Waals surface area contributed by atoms with Crippen LogP contribution in [0.5, 0.6) is 0 Å². The van der Waals surface area contributed by atoms with Gasteiger partial charge in [-0.05, 0) is 60.0 Å². The van der Waals surface area contributed by atoms with Crippen LogP contribution in [0.4, 0.5) is 10.8 Å². The highest BCUT2D eigenvalue weighted by Crippen LogP contribution is 2.32. The lowest BCUT2D eigenvalue weighted by Gasteiger charge is -2.09. The van der Waals surface area contributed by atoms with Gasteiger partial charge in [-0.25, -0.2) is 13.4 Å². The molecule has 0 aliphatic rings. The van der Waals surface area contributed by atoms with Crippen LogP contribution in [0.25, 0.3) is 21.0 Å². The third kappa shape index (κ3) is 4.41. The van der Waals surface area contributed by atoms with Crippen LogP contribution >= 0.6 is 22.9 Å². The summed E-state index contributed by atoms with van der Waals surface area (Å²) < 4.78 is 28.5. The fourth-order valence-corrected chi connectivity index (χ4v) is 5.46. The van der Waals surface area contributed by atoms with Crippen molar-refractivity contribution in [2.24, 2.45) is 0 Å². The van der Waals surface area contributed by atoms with Crippen molar-refractivity contribution in [3.63, 3.8) is 0 Å². The summed E-state index contributed by atoms with van der Waals surface area (Å²) in [6, 6.07) is 24.0. The van der Waals surface area contributed by atoms with E-state index in [1.807, 2.05) is 36.4 Å². The number of carbonyl (C=O) groups excluding carboxylic acids is 1. The van der Waals surface area contributed by atoms with E-state index in [-0.39, 0.29) is 10.8 Å². The van der Waals surface area contributed by atoms with Gasteiger partial charge < -0.3 is 0 Å². The normalized spacial score (nSPS) is 11.5. The molecule has 164 valence electrons. The zero-order chi connectivity index (χ0) is 23.0. The molecule has 0 atom stereocenters. The molecule has 0 radical (unpaired) electrons. The molecule has 6 nitrogen and oxygen atoms in total. The van der Waals surface area contributed by atoms with Gasteiger partial charge in [0, 0.05) is 21.7 Å². The van der Waals surface area contributed by atoms with Gasteiger partial charge in [0.25, 0.3) is 15.9 Å². The summed E-state index contributed by atoms with van der Waals surface area (Å²) in [5, 5.41) is 5.90. The fraction of sp³-hybridized carbons (Fsp3) is 0. The number of amides is 1. The third-order valence-corrected chi connectivity index (χ3v) is 7.61. The predicted octanol–water partition coefficient (Wildman–Crippen LogP) is 6.16. The zero-order valence-corrected chi connectivity index (χ0v) is 19.3. The molecule has 0 unspecified atom stereocenters. The molecule has 1 amide bonds. The van der Waals surface area contributed by atoms with E-state index in [4.69, 9.17) is 11.6 Å². The Morgan fingerprint density at radius 1 is 0.879 bits per heavy atom. The number of nitrogens with zero attached hydrogens (tertiary/aromatic N) is 1. The molecule has 0 saturated carbocycles. The summed E-state index contributed by atoms with van der Waals surface area (Å²) in [6.07, 6.45) is 0. The first-order valence-electron chi connectivity index (χ1n) is 9.87. The minimum Gasteiger partial charge on any atom is -0.298 e. The van der Waals surface area contributed by atoms with Gasteiger partial charge in [0.15, 0.2) is 5.13 Å². The summed E-state index contributed by atoms with van der Waals surface area (Å²) in [4.78, 5) is 17.4. The van der Waals surface area contributed by atoms with E-state index in [2.05, 4.69) is 15.0 Å². The molecule has 0 aliphatic heterocycles. The van der Waals surface area contributed by atoms with Gasteiger partial charge in [0.2, 0.25) is 0 Å². The summed E-state index contributed by atoms with van der Waals surface area (Å²) in [7, 11) is -3.76. The van der Waals surface area contributed by atoms with E-state index >= 15 is 0 Å². The molecule has 5 rings (SSSR count). The molecule has 0 bridgehead atoms.